The lowest BCUT2D eigenvalue weighted by molar-refractivity contribution is -0.149. The second kappa shape index (κ2) is 5.01. The van der Waals surface area contributed by atoms with Gasteiger partial charge in [0.2, 0.25) is 0 Å². The number of carbonyl (C=O) groups is 1. The van der Waals surface area contributed by atoms with E-state index in [2.05, 4.69) is 12.1 Å². The van der Waals surface area contributed by atoms with Gasteiger partial charge in [-0.15, -0.1) is 0 Å². The van der Waals surface area contributed by atoms with Gasteiger partial charge >= 0.3 is 5.97 Å². The molecule has 0 spiro atoms. The fourth-order valence-corrected chi connectivity index (χ4v) is 2.70. The summed E-state index contributed by atoms with van der Waals surface area (Å²) in [6.07, 6.45) is 3.39. The summed E-state index contributed by atoms with van der Waals surface area (Å²) >= 11 is 0. The van der Waals surface area contributed by atoms with Gasteiger partial charge in [0.25, 0.3) is 0 Å². The fourth-order valence-electron chi connectivity index (χ4n) is 2.70. The van der Waals surface area contributed by atoms with E-state index in [9.17, 15) is 9.90 Å². The Morgan fingerprint density at radius 2 is 2.06 bits per heavy atom. The number of ether oxygens (including phenoxy) is 1. The molecule has 1 fully saturated rings. The first-order valence-electron chi connectivity index (χ1n) is 6.42. The van der Waals surface area contributed by atoms with Crippen LogP contribution in [0.15, 0.2) is 24.3 Å². The van der Waals surface area contributed by atoms with Crippen molar-refractivity contribution in [2.75, 3.05) is 7.11 Å². The molecule has 1 N–H and O–H groups in total. The minimum atomic E-state index is -0.661. The zero-order valence-electron chi connectivity index (χ0n) is 11.0. The zero-order chi connectivity index (χ0) is 13.2. The lowest BCUT2D eigenvalue weighted by atomic mass is 9.70. The lowest BCUT2D eigenvalue weighted by Crippen LogP contribution is -2.31. The summed E-state index contributed by atoms with van der Waals surface area (Å²) in [5.74, 6) is 0.679. The summed E-state index contributed by atoms with van der Waals surface area (Å²) < 4.78 is 5.23. The highest BCUT2D eigenvalue weighted by Gasteiger charge is 2.37. The minimum Gasteiger partial charge on any atom is -0.497 e. The molecule has 0 unspecified atom stereocenters. The molecule has 0 saturated heterocycles. The Kier molecular flexibility index (Phi) is 3.60. The normalized spacial score (nSPS) is 27.8. The summed E-state index contributed by atoms with van der Waals surface area (Å²) in [7, 11) is 1.67. The number of carboxylic acids is 1. The predicted octanol–water partition coefficient (Wildman–Crippen LogP) is 3.44. The molecule has 1 aromatic rings. The molecule has 98 valence electrons. The van der Waals surface area contributed by atoms with E-state index < -0.39 is 11.4 Å². The molecule has 3 nitrogen and oxygen atoms in total. The van der Waals surface area contributed by atoms with Gasteiger partial charge in [0.05, 0.1) is 12.5 Å². The first-order chi connectivity index (χ1) is 8.55. The molecule has 1 aliphatic carbocycles. The third-order valence-electron chi connectivity index (χ3n) is 4.17. The Bertz CT molecular complexity index is 431. The quantitative estimate of drug-likeness (QED) is 0.891. The molecule has 0 amide bonds. The lowest BCUT2D eigenvalue weighted by Gasteiger charge is -2.34. The molecule has 0 radical (unpaired) electrons. The standard InChI is InChI=1S/C15H20O3/c1-15(14(16)17)8-6-11(7-9-15)12-4-3-5-13(10-12)18-2/h3-5,10-11H,6-9H2,1-2H3,(H,16,17). The molecule has 0 aromatic heterocycles. The largest absolute Gasteiger partial charge is 0.497 e. The van der Waals surface area contributed by atoms with E-state index in [0.717, 1.165) is 31.4 Å². The summed E-state index contributed by atoms with van der Waals surface area (Å²) in [5.41, 5.74) is 0.733. The molecule has 1 aliphatic rings. The maximum Gasteiger partial charge on any atom is 0.309 e. The Morgan fingerprint density at radius 1 is 1.39 bits per heavy atom. The Hall–Kier alpha value is -1.51. The van der Waals surface area contributed by atoms with Gasteiger partial charge in [-0.2, -0.15) is 0 Å². The average molecular weight is 248 g/mol. The van der Waals surface area contributed by atoms with E-state index in [0.29, 0.717) is 5.92 Å². The highest BCUT2D eigenvalue weighted by atomic mass is 16.5. The average Bonchev–Trinajstić information content (AvgIpc) is 2.39. The molecule has 0 aliphatic heterocycles. The summed E-state index contributed by atoms with van der Waals surface area (Å²) in [6, 6.07) is 8.11. The van der Waals surface area contributed by atoms with Crippen LogP contribution in [0, 0.1) is 5.41 Å². The molecule has 0 heterocycles. The number of hydrogen-bond acceptors (Lipinski definition) is 2. The van der Waals surface area contributed by atoms with Crippen molar-refractivity contribution in [3.05, 3.63) is 29.8 Å². The van der Waals surface area contributed by atoms with Crippen LogP contribution in [0.3, 0.4) is 0 Å². The van der Waals surface area contributed by atoms with Crippen LogP contribution in [0.5, 0.6) is 5.75 Å². The summed E-state index contributed by atoms with van der Waals surface area (Å²) in [4.78, 5) is 11.2. The molecule has 0 bridgehead atoms. The third-order valence-corrected chi connectivity index (χ3v) is 4.17. The minimum absolute atomic E-state index is 0.465. The van der Waals surface area contributed by atoms with Crippen LogP contribution in [0.4, 0.5) is 0 Å². The van der Waals surface area contributed by atoms with E-state index in [1.807, 2.05) is 19.1 Å². The van der Waals surface area contributed by atoms with Crippen molar-refractivity contribution >= 4 is 5.97 Å². The number of methoxy groups -OCH3 is 1. The number of rotatable bonds is 3. The van der Waals surface area contributed by atoms with E-state index in [-0.39, 0.29) is 0 Å². The second-order valence-electron chi connectivity index (χ2n) is 5.42. The highest BCUT2D eigenvalue weighted by molar-refractivity contribution is 5.74. The van der Waals surface area contributed by atoms with Crippen LogP contribution in [-0.2, 0) is 4.79 Å². The molecular formula is C15H20O3. The van der Waals surface area contributed by atoms with Crippen molar-refractivity contribution in [2.45, 2.75) is 38.5 Å². The van der Waals surface area contributed by atoms with Crippen molar-refractivity contribution in [3.63, 3.8) is 0 Å². The maximum absolute atomic E-state index is 11.2. The molecule has 1 saturated carbocycles. The van der Waals surface area contributed by atoms with Crippen LogP contribution in [-0.4, -0.2) is 18.2 Å². The SMILES string of the molecule is COc1cccc(C2CCC(C)(C(=O)O)CC2)c1. The number of carboxylic acid groups (broad SMARTS) is 1. The van der Waals surface area contributed by atoms with E-state index >= 15 is 0 Å². The molecule has 2 rings (SSSR count). The molecule has 0 atom stereocenters. The first-order valence-corrected chi connectivity index (χ1v) is 6.42. The topological polar surface area (TPSA) is 46.5 Å². The highest BCUT2D eigenvalue weighted by Crippen LogP contribution is 2.43. The van der Waals surface area contributed by atoms with Gasteiger partial charge in [-0.1, -0.05) is 12.1 Å². The van der Waals surface area contributed by atoms with Crippen molar-refractivity contribution in [2.24, 2.45) is 5.41 Å². The van der Waals surface area contributed by atoms with Gasteiger partial charge in [-0.3, -0.25) is 4.79 Å². The third kappa shape index (κ3) is 2.50. The van der Waals surface area contributed by atoms with Gasteiger partial charge in [0, 0.05) is 0 Å². The zero-order valence-corrected chi connectivity index (χ0v) is 11.0. The maximum atomic E-state index is 11.2. The Balaban J connectivity index is 2.07. The van der Waals surface area contributed by atoms with E-state index in [1.54, 1.807) is 7.11 Å². The summed E-state index contributed by atoms with van der Waals surface area (Å²) in [6.45, 7) is 1.86. The summed E-state index contributed by atoms with van der Waals surface area (Å²) in [5, 5.41) is 9.22. The van der Waals surface area contributed by atoms with Gasteiger partial charge in [-0.05, 0) is 56.2 Å². The van der Waals surface area contributed by atoms with Crippen molar-refractivity contribution in [1.29, 1.82) is 0 Å². The Morgan fingerprint density at radius 3 is 2.61 bits per heavy atom. The molecule has 18 heavy (non-hydrogen) atoms. The molecule has 3 heteroatoms. The van der Waals surface area contributed by atoms with E-state index in [1.165, 1.54) is 5.56 Å². The van der Waals surface area contributed by atoms with Gasteiger partial charge in [-0.25, -0.2) is 0 Å². The molecular weight excluding hydrogens is 228 g/mol. The predicted molar refractivity (Wildman–Crippen MR) is 69.9 cm³/mol. The smallest absolute Gasteiger partial charge is 0.309 e. The van der Waals surface area contributed by atoms with Crippen LogP contribution in [0.2, 0.25) is 0 Å². The monoisotopic (exact) mass is 248 g/mol. The van der Waals surface area contributed by atoms with Crippen molar-refractivity contribution in [1.82, 2.24) is 0 Å². The van der Waals surface area contributed by atoms with Gasteiger partial charge in [0.1, 0.15) is 5.75 Å². The molecule has 1 aromatic carbocycles. The van der Waals surface area contributed by atoms with Crippen molar-refractivity contribution < 1.29 is 14.6 Å². The van der Waals surface area contributed by atoms with Crippen LogP contribution in [0.1, 0.15) is 44.1 Å². The van der Waals surface area contributed by atoms with Gasteiger partial charge in [0.15, 0.2) is 0 Å². The second-order valence-corrected chi connectivity index (χ2v) is 5.42. The van der Waals surface area contributed by atoms with Crippen LogP contribution in [0.25, 0.3) is 0 Å². The van der Waals surface area contributed by atoms with Crippen LogP contribution >= 0.6 is 0 Å². The van der Waals surface area contributed by atoms with Gasteiger partial charge < -0.3 is 9.84 Å². The van der Waals surface area contributed by atoms with Crippen LogP contribution < -0.4 is 4.74 Å². The van der Waals surface area contributed by atoms with E-state index in [4.69, 9.17) is 4.74 Å². The number of aliphatic carboxylic acids is 1. The fraction of sp³-hybridized carbons (Fsp3) is 0.533. The van der Waals surface area contributed by atoms with Crippen molar-refractivity contribution in [3.8, 4) is 5.75 Å². The Labute approximate surface area is 108 Å². The first kappa shape index (κ1) is 12.9. The number of benzene rings is 1. The number of hydrogen-bond donors (Lipinski definition) is 1.